The molecule has 0 N–H and O–H groups in total. The summed E-state index contributed by atoms with van der Waals surface area (Å²) >= 11 is 1.85. The van der Waals surface area contributed by atoms with Crippen molar-refractivity contribution in [2.75, 3.05) is 4.90 Å². The average Bonchev–Trinajstić information content (AvgIpc) is 4.01. The fraction of sp³-hybridized carbons (Fsp3) is 0.0169. The van der Waals surface area contributed by atoms with E-state index in [1.807, 2.05) is 11.3 Å². The minimum atomic E-state index is -0.534. The van der Waals surface area contributed by atoms with Crippen molar-refractivity contribution in [1.29, 1.82) is 0 Å². The second-order valence-electron chi connectivity index (χ2n) is 16.3. The molecule has 13 rings (SSSR count). The highest BCUT2D eigenvalue weighted by Gasteiger charge is 2.47. The topological polar surface area (TPSA) is 16.4 Å². The third kappa shape index (κ3) is 4.97. The Balaban J connectivity index is 1.13. The normalized spacial score (nSPS) is 13.0. The summed E-state index contributed by atoms with van der Waals surface area (Å²) in [6.45, 7) is 0. The van der Waals surface area contributed by atoms with Gasteiger partial charge in [0, 0.05) is 53.1 Å². The molecule has 0 aliphatic heterocycles. The Kier molecular flexibility index (Phi) is 7.72. The zero-order valence-corrected chi connectivity index (χ0v) is 34.4. The maximum absolute atomic E-state index is 6.77. The smallest absolute Gasteiger partial charge is 0.143 e. The molecule has 0 saturated carbocycles. The van der Waals surface area contributed by atoms with Crippen LogP contribution in [0, 0.1) is 0 Å². The molecular formula is C59H37NOS. The van der Waals surface area contributed by atoms with Gasteiger partial charge in [-0.2, -0.15) is 0 Å². The maximum atomic E-state index is 6.77. The fourth-order valence-corrected chi connectivity index (χ4v) is 11.7. The summed E-state index contributed by atoms with van der Waals surface area (Å²) in [6.07, 6.45) is 0. The molecule has 2 heterocycles. The van der Waals surface area contributed by atoms with Gasteiger partial charge in [0.1, 0.15) is 11.2 Å². The Morgan fingerprint density at radius 2 is 1.03 bits per heavy atom. The molecule has 10 aromatic carbocycles. The summed E-state index contributed by atoms with van der Waals surface area (Å²) in [4.78, 5) is 2.53. The largest absolute Gasteiger partial charge is 0.455 e. The van der Waals surface area contributed by atoms with Crippen molar-refractivity contribution >= 4 is 81.3 Å². The fourth-order valence-electron chi connectivity index (χ4n) is 10.6. The molecule has 0 amide bonds. The highest BCUT2D eigenvalue weighted by molar-refractivity contribution is 7.25. The lowest BCUT2D eigenvalue weighted by Crippen LogP contribution is -2.28. The second-order valence-corrected chi connectivity index (χ2v) is 17.4. The average molecular weight is 808 g/mol. The summed E-state index contributed by atoms with van der Waals surface area (Å²) in [6, 6.07) is 82.4. The Labute approximate surface area is 363 Å². The third-order valence-electron chi connectivity index (χ3n) is 13.1. The summed E-state index contributed by atoms with van der Waals surface area (Å²) in [7, 11) is 0. The predicted molar refractivity (Wildman–Crippen MR) is 262 cm³/mol. The van der Waals surface area contributed by atoms with Crippen molar-refractivity contribution < 1.29 is 4.42 Å². The number of hydrogen-bond acceptors (Lipinski definition) is 3. The van der Waals surface area contributed by atoms with E-state index in [9.17, 15) is 0 Å². The van der Waals surface area contributed by atoms with E-state index in [0.717, 1.165) is 55.5 Å². The van der Waals surface area contributed by atoms with E-state index in [4.69, 9.17) is 4.42 Å². The summed E-state index contributed by atoms with van der Waals surface area (Å²) in [5.74, 6) is 0. The minimum Gasteiger partial charge on any atom is -0.455 e. The lowest BCUT2D eigenvalue weighted by atomic mass is 9.68. The zero-order chi connectivity index (χ0) is 40.8. The van der Waals surface area contributed by atoms with E-state index < -0.39 is 5.41 Å². The molecule has 1 aliphatic carbocycles. The van der Waals surface area contributed by atoms with E-state index in [1.54, 1.807) is 0 Å². The first-order chi connectivity index (χ1) is 30.8. The minimum absolute atomic E-state index is 0.534. The summed E-state index contributed by atoms with van der Waals surface area (Å²) in [5.41, 5.74) is 14.4. The number of rotatable bonds is 6. The molecule has 0 saturated heterocycles. The molecule has 0 atom stereocenters. The van der Waals surface area contributed by atoms with Gasteiger partial charge in [0.25, 0.3) is 0 Å². The van der Waals surface area contributed by atoms with Gasteiger partial charge in [-0.15, -0.1) is 11.3 Å². The van der Waals surface area contributed by atoms with E-state index in [0.29, 0.717) is 0 Å². The molecule has 0 unspecified atom stereocenters. The molecule has 0 spiro atoms. The van der Waals surface area contributed by atoms with Crippen LogP contribution in [0.3, 0.4) is 0 Å². The van der Waals surface area contributed by atoms with Crippen LogP contribution in [0.2, 0.25) is 0 Å². The number of benzene rings is 10. The van der Waals surface area contributed by atoms with Crippen LogP contribution in [-0.4, -0.2) is 0 Å². The van der Waals surface area contributed by atoms with Crippen LogP contribution in [0.15, 0.2) is 229 Å². The quantitative estimate of drug-likeness (QED) is 0.166. The number of furan rings is 1. The van der Waals surface area contributed by atoms with E-state index >= 15 is 0 Å². The molecule has 0 fully saturated rings. The van der Waals surface area contributed by atoms with Crippen LogP contribution in [0.25, 0.3) is 75.1 Å². The van der Waals surface area contributed by atoms with Gasteiger partial charge in [-0.05, 0) is 87.3 Å². The zero-order valence-electron chi connectivity index (χ0n) is 33.6. The van der Waals surface area contributed by atoms with E-state index in [1.165, 1.54) is 58.9 Å². The van der Waals surface area contributed by atoms with Gasteiger partial charge in [0.2, 0.25) is 0 Å². The SMILES string of the molecule is c1ccc(C2(c3ccccc3)c3ccccc3-c3c(N(c4ccc5sc6ccccc6c5c4)c4ccccc4-c4cccc5oc6c7ccccc7ccc6c45)cccc32)cc1. The second kappa shape index (κ2) is 13.7. The third-order valence-corrected chi connectivity index (χ3v) is 14.3. The molecule has 2 aromatic heterocycles. The van der Waals surface area contributed by atoms with E-state index in [-0.39, 0.29) is 0 Å². The number of thiophene rings is 1. The van der Waals surface area contributed by atoms with Gasteiger partial charge in [-0.1, -0.05) is 176 Å². The van der Waals surface area contributed by atoms with Crippen LogP contribution in [0.4, 0.5) is 17.1 Å². The number of nitrogens with zero attached hydrogens (tertiary/aromatic N) is 1. The first-order valence-electron chi connectivity index (χ1n) is 21.3. The predicted octanol–water partition coefficient (Wildman–Crippen LogP) is 16.6. The highest BCUT2D eigenvalue weighted by Crippen LogP contribution is 2.60. The van der Waals surface area contributed by atoms with Gasteiger partial charge in [-0.25, -0.2) is 0 Å². The van der Waals surface area contributed by atoms with Crippen molar-refractivity contribution in [3.63, 3.8) is 0 Å². The number of anilines is 3. The van der Waals surface area contributed by atoms with Gasteiger partial charge in [-0.3, -0.25) is 0 Å². The molecule has 290 valence electrons. The maximum Gasteiger partial charge on any atom is 0.143 e. The molecular weight excluding hydrogens is 771 g/mol. The number of para-hydroxylation sites is 1. The highest BCUT2D eigenvalue weighted by atomic mass is 32.1. The molecule has 0 radical (unpaired) electrons. The lowest BCUT2D eigenvalue weighted by Gasteiger charge is -2.34. The molecule has 1 aliphatic rings. The van der Waals surface area contributed by atoms with Gasteiger partial charge < -0.3 is 9.32 Å². The summed E-state index contributed by atoms with van der Waals surface area (Å²) in [5, 5.41) is 7.07. The Hall–Kier alpha value is -7.72. The number of hydrogen-bond donors (Lipinski definition) is 0. The van der Waals surface area contributed by atoms with Crippen molar-refractivity contribution in [2.45, 2.75) is 5.41 Å². The Bertz CT molecular complexity index is 3670. The van der Waals surface area contributed by atoms with Crippen LogP contribution in [-0.2, 0) is 5.41 Å². The molecule has 0 bridgehead atoms. The van der Waals surface area contributed by atoms with Crippen molar-refractivity contribution in [2.24, 2.45) is 0 Å². The molecule has 3 heteroatoms. The molecule has 12 aromatic rings. The molecule has 2 nitrogen and oxygen atoms in total. The van der Waals surface area contributed by atoms with Crippen LogP contribution < -0.4 is 4.90 Å². The van der Waals surface area contributed by atoms with Crippen molar-refractivity contribution in [3.05, 3.63) is 247 Å². The molecule has 62 heavy (non-hydrogen) atoms. The Morgan fingerprint density at radius 1 is 0.403 bits per heavy atom. The van der Waals surface area contributed by atoms with Crippen LogP contribution in [0.5, 0.6) is 0 Å². The van der Waals surface area contributed by atoms with Gasteiger partial charge in [0.05, 0.1) is 16.8 Å². The van der Waals surface area contributed by atoms with Crippen LogP contribution >= 0.6 is 11.3 Å². The van der Waals surface area contributed by atoms with E-state index in [2.05, 4.69) is 229 Å². The Morgan fingerprint density at radius 3 is 1.87 bits per heavy atom. The first kappa shape index (κ1) is 35.1. The monoisotopic (exact) mass is 807 g/mol. The van der Waals surface area contributed by atoms with Gasteiger partial charge in [0.15, 0.2) is 0 Å². The first-order valence-corrected chi connectivity index (χ1v) is 22.1. The lowest BCUT2D eigenvalue weighted by molar-refractivity contribution is 0.673. The van der Waals surface area contributed by atoms with Crippen molar-refractivity contribution in [1.82, 2.24) is 0 Å². The van der Waals surface area contributed by atoms with Gasteiger partial charge >= 0.3 is 0 Å². The van der Waals surface area contributed by atoms with Crippen LogP contribution in [0.1, 0.15) is 22.3 Å². The van der Waals surface area contributed by atoms with Crippen molar-refractivity contribution in [3.8, 4) is 22.3 Å². The summed E-state index contributed by atoms with van der Waals surface area (Å²) < 4.78 is 9.34. The number of fused-ring (bicyclic) bond motifs is 11. The standard InChI is InChI=1S/C59H37NOS/c1-3-18-39(19-4-1)59(40-20-5-2-6-21-40)49-27-12-9-25-46(49)57-50(59)28-16-30-52(57)60(41-34-36-55-48(37-41)44-24-11-14-32-54(44)62-55)51-29-13-10-23-43(51)45-26-15-31-53-56(45)47-35-33-38-17-7-8-22-42(38)58(47)61-53/h1-37H.